The van der Waals surface area contributed by atoms with Crippen LogP contribution in [-0.2, 0) is 11.3 Å². The predicted octanol–water partition coefficient (Wildman–Crippen LogP) is 5.66. The van der Waals surface area contributed by atoms with E-state index in [-0.39, 0.29) is 22.4 Å². The smallest absolute Gasteiger partial charge is 0.465 e. The standard InChI is InChI=1S/C23H22ClF4N3O3/c1-13-18-10-19(22(32)33-2)20(25)11-21(18)31(29-13)16-3-5-30(6-4-16)12-14-7-15(24)9-17(8-14)34-23(26,27)28/h7-11,16H,3-6,12H2,1-2H3. The van der Waals surface area contributed by atoms with Gasteiger partial charge in [0.15, 0.2) is 0 Å². The Labute approximate surface area is 198 Å². The van der Waals surface area contributed by atoms with E-state index in [0.717, 1.165) is 6.07 Å². The molecule has 0 unspecified atom stereocenters. The van der Waals surface area contributed by atoms with Crippen LogP contribution in [0, 0.1) is 12.7 Å². The molecule has 2 heterocycles. The number of aryl methyl sites for hydroxylation is 1. The maximum absolute atomic E-state index is 14.5. The molecule has 0 aliphatic carbocycles. The van der Waals surface area contributed by atoms with Crippen LogP contribution in [0.25, 0.3) is 10.9 Å². The summed E-state index contributed by atoms with van der Waals surface area (Å²) in [5, 5.41) is 5.43. The Balaban J connectivity index is 1.47. The molecular weight excluding hydrogens is 478 g/mol. The molecule has 1 saturated heterocycles. The first-order chi connectivity index (χ1) is 16.0. The molecule has 34 heavy (non-hydrogen) atoms. The predicted molar refractivity (Wildman–Crippen MR) is 117 cm³/mol. The summed E-state index contributed by atoms with van der Waals surface area (Å²) in [6.45, 7) is 3.54. The van der Waals surface area contributed by atoms with Gasteiger partial charge in [-0.3, -0.25) is 9.58 Å². The Hall–Kier alpha value is -2.85. The van der Waals surface area contributed by atoms with Gasteiger partial charge >= 0.3 is 12.3 Å². The van der Waals surface area contributed by atoms with Crippen LogP contribution in [0.2, 0.25) is 5.02 Å². The van der Waals surface area contributed by atoms with Crippen molar-refractivity contribution in [2.45, 2.75) is 38.7 Å². The minimum atomic E-state index is -4.79. The Bertz CT molecular complexity index is 1220. The van der Waals surface area contributed by atoms with Gasteiger partial charge in [-0.05, 0) is 49.6 Å². The third-order valence-electron chi connectivity index (χ3n) is 5.86. The minimum Gasteiger partial charge on any atom is -0.465 e. The molecule has 0 radical (unpaired) electrons. The number of carbonyl (C=O) groups excluding carboxylic acids is 1. The number of esters is 1. The van der Waals surface area contributed by atoms with E-state index in [1.54, 1.807) is 17.7 Å². The van der Waals surface area contributed by atoms with Crippen molar-refractivity contribution in [2.24, 2.45) is 0 Å². The van der Waals surface area contributed by atoms with Crippen LogP contribution in [0.5, 0.6) is 5.75 Å². The van der Waals surface area contributed by atoms with Crippen molar-refractivity contribution in [2.75, 3.05) is 20.2 Å². The second-order valence-electron chi connectivity index (χ2n) is 8.22. The van der Waals surface area contributed by atoms with Gasteiger partial charge < -0.3 is 9.47 Å². The van der Waals surface area contributed by atoms with E-state index in [4.69, 9.17) is 11.6 Å². The summed E-state index contributed by atoms with van der Waals surface area (Å²) in [4.78, 5) is 13.9. The molecule has 0 N–H and O–H groups in total. The fourth-order valence-electron chi connectivity index (χ4n) is 4.34. The molecule has 0 amide bonds. The number of alkyl halides is 3. The third kappa shape index (κ3) is 5.28. The first-order valence-corrected chi connectivity index (χ1v) is 11.0. The molecule has 11 heteroatoms. The number of fused-ring (bicyclic) bond motifs is 1. The zero-order valence-corrected chi connectivity index (χ0v) is 19.2. The summed E-state index contributed by atoms with van der Waals surface area (Å²) in [5.41, 5.74) is 1.76. The van der Waals surface area contributed by atoms with Gasteiger partial charge in [0.2, 0.25) is 0 Å². The first kappa shape index (κ1) is 24.3. The van der Waals surface area contributed by atoms with Crippen LogP contribution in [0.3, 0.4) is 0 Å². The molecule has 2 aromatic carbocycles. The highest BCUT2D eigenvalue weighted by Crippen LogP contribution is 2.32. The topological polar surface area (TPSA) is 56.6 Å². The zero-order chi connectivity index (χ0) is 24.6. The van der Waals surface area contributed by atoms with Crippen molar-refractivity contribution in [3.8, 4) is 5.75 Å². The Kier molecular flexibility index (Phi) is 6.73. The van der Waals surface area contributed by atoms with Gasteiger partial charge in [-0.25, -0.2) is 9.18 Å². The fourth-order valence-corrected chi connectivity index (χ4v) is 4.59. The molecule has 182 valence electrons. The molecule has 1 aliphatic rings. The first-order valence-electron chi connectivity index (χ1n) is 10.6. The lowest BCUT2D eigenvalue weighted by atomic mass is 10.0. The monoisotopic (exact) mass is 499 g/mol. The van der Waals surface area contributed by atoms with Gasteiger partial charge in [0, 0.05) is 36.1 Å². The van der Waals surface area contributed by atoms with Gasteiger partial charge in [0.25, 0.3) is 0 Å². The summed E-state index contributed by atoms with van der Waals surface area (Å²) in [5.74, 6) is -1.77. The average molecular weight is 500 g/mol. The maximum atomic E-state index is 14.5. The number of halogens is 5. The van der Waals surface area contributed by atoms with Crippen LogP contribution in [0.15, 0.2) is 30.3 Å². The van der Waals surface area contributed by atoms with Crippen LogP contribution in [0.1, 0.15) is 40.5 Å². The minimum absolute atomic E-state index is 0.0133. The van der Waals surface area contributed by atoms with Crippen LogP contribution in [-0.4, -0.2) is 47.2 Å². The van der Waals surface area contributed by atoms with Crippen molar-refractivity contribution in [1.29, 1.82) is 0 Å². The fraction of sp³-hybridized carbons (Fsp3) is 0.391. The molecule has 1 fully saturated rings. The number of nitrogens with zero attached hydrogens (tertiary/aromatic N) is 3. The van der Waals surface area contributed by atoms with Gasteiger partial charge in [0.05, 0.1) is 29.9 Å². The summed E-state index contributed by atoms with van der Waals surface area (Å²) >= 11 is 5.97. The molecule has 0 spiro atoms. The number of carbonyl (C=O) groups is 1. The molecule has 3 aromatic rings. The Morgan fingerprint density at radius 2 is 1.88 bits per heavy atom. The van der Waals surface area contributed by atoms with Gasteiger partial charge in [0.1, 0.15) is 11.6 Å². The quantitative estimate of drug-likeness (QED) is 0.335. The van der Waals surface area contributed by atoms with E-state index in [0.29, 0.717) is 54.6 Å². The number of rotatable bonds is 5. The van der Waals surface area contributed by atoms with Crippen LogP contribution >= 0.6 is 11.6 Å². The van der Waals surface area contributed by atoms with Gasteiger partial charge in [-0.1, -0.05) is 11.6 Å². The van der Waals surface area contributed by atoms with Crippen molar-refractivity contribution in [1.82, 2.24) is 14.7 Å². The van der Waals surface area contributed by atoms with Crippen molar-refractivity contribution >= 4 is 28.5 Å². The molecule has 6 nitrogen and oxygen atoms in total. The number of benzene rings is 2. The molecule has 0 atom stereocenters. The Morgan fingerprint density at radius 1 is 1.18 bits per heavy atom. The lowest BCUT2D eigenvalue weighted by Crippen LogP contribution is -2.34. The number of aromatic nitrogens is 2. The summed E-state index contributed by atoms with van der Waals surface area (Å²) in [7, 11) is 1.20. The van der Waals surface area contributed by atoms with E-state index in [9.17, 15) is 22.4 Å². The van der Waals surface area contributed by atoms with E-state index in [1.807, 2.05) is 0 Å². The second-order valence-corrected chi connectivity index (χ2v) is 8.66. The summed E-state index contributed by atoms with van der Waals surface area (Å²) in [6, 6.07) is 6.85. The van der Waals surface area contributed by atoms with E-state index >= 15 is 0 Å². The SMILES string of the molecule is COC(=O)c1cc2c(C)nn(C3CCN(Cc4cc(Cl)cc(OC(F)(F)F)c4)CC3)c2cc1F. The lowest BCUT2D eigenvalue weighted by Gasteiger charge is -2.32. The van der Waals surface area contributed by atoms with E-state index in [1.165, 1.54) is 25.3 Å². The number of piperidine rings is 1. The van der Waals surface area contributed by atoms with Crippen molar-refractivity contribution < 1.29 is 31.8 Å². The number of likely N-dealkylation sites (tertiary alicyclic amines) is 1. The Morgan fingerprint density at radius 3 is 2.53 bits per heavy atom. The van der Waals surface area contributed by atoms with Gasteiger partial charge in [-0.15, -0.1) is 13.2 Å². The number of hydrogen-bond acceptors (Lipinski definition) is 5. The zero-order valence-electron chi connectivity index (χ0n) is 18.5. The summed E-state index contributed by atoms with van der Waals surface area (Å²) in [6.07, 6.45) is -3.37. The lowest BCUT2D eigenvalue weighted by molar-refractivity contribution is -0.274. The number of hydrogen-bond donors (Lipinski definition) is 0. The highest BCUT2D eigenvalue weighted by molar-refractivity contribution is 6.30. The number of methoxy groups -OCH3 is 1. The summed E-state index contributed by atoms with van der Waals surface area (Å²) < 4.78 is 62.6. The second kappa shape index (κ2) is 9.42. The van der Waals surface area contributed by atoms with Gasteiger partial charge in [-0.2, -0.15) is 5.10 Å². The molecule has 1 aliphatic heterocycles. The molecule has 1 aromatic heterocycles. The molecule has 0 saturated carbocycles. The maximum Gasteiger partial charge on any atom is 0.573 e. The number of ether oxygens (including phenoxy) is 2. The largest absolute Gasteiger partial charge is 0.573 e. The van der Waals surface area contributed by atoms with Crippen LogP contribution < -0.4 is 4.74 Å². The van der Waals surface area contributed by atoms with Crippen molar-refractivity contribution in [3.05, 3.63) is 58.0 Å². The highest BCUT2D eigenvalue weighted by Gasteiger charge is 2.31. The van der Waals surface area contributed by atoms with E-state index in [2.05, 4.69) is 19.5 Å². The van der Waals surface area contributed by atoms with E-state index < -0.39 is 18.1 Å². The normalized spacial score (nSPS) is 15.6. The van der Waals surface area contributed by atoms with Crippen LogP contribution in [0.4, 0.5) is 17.6 Å². The highest BCUT2D eigenvalue weighted by atomic mass is 35.5. The molecule has 0 bridgehead atoms. The molecular formula is C23H22ClF4N3O3. The van der Waals surface area contributed by atoms with Crippen molar-refractivity contribution in [3.63, 3.8) is 0 Å². The molecule has 4 rings (SSSR count). The third-order valence-corrected chi connectivity index (χ3v) is 6.08. The average Bonchev–Trinajstić information content (AvgIpc) is 3.07.